The summed E-state index contributed by atoms with van der Waals surface area (Å²) in [6.45, 7) is 5.11. The van der Waals surface area contributed by atoms with Crippen LogP contribution in [-0.4, -0.2) is 58.0 Å². The third-order valence-corrected chi connectivity index (χ3v) is 8.39. The first-order chi connectivity index (χ1) is 16.0. The molecule has 0 bridgehead atoms. The van der Waals surface area contributed by atoms with Crippen molar-refractivity contribution in [3.05, 3.63) is 59.3 Å². The molecule has 0 saturated carbocycles. The Morgan fingerprint density at radius 3 is 2.79 bits per heavy atom. The third kappa shape index (κ3) is 5.00. The van der Waals surface area contributed by atoms with E-state index in [0.717, 1.165) is 60.3 Å². The lowest BCUT2D eigenvalue weighted by Crippen LogP contribution is -2.35. The summed E-state index contributed by atoms with van der Waals surface area (Å²) < 4.78 is 37.8. The van der Waals surface area contributed by atoms with E-state index < -0.39 is 9.73 Å². The van der Waals surface area contributed by atoms with Crippen molar-refractivity contribution in [1.29, 1.82) is 0 Å². The molecule has 174 valence electrons. The molecule has 0 amide bonds. The predicted octanol–water partition coefficient (Wildman–Crippen LogP) is 3.11. The van der Waals surface area contributed by atoms with E-state index in [4.69, 9.17) is 4.74 Å². The van der Waals surface area contributed by atoms with Crippen LogP contribution < -0.4 is 15.4 Å². The van der Waals surface area contributed by atoms with E-state index >= 15 is 0 Å². The van der Waals surface area contributed by atoms with Crippen molar-refractivity contribution in [3.8, 4) is 5.75 Å². The van der Waals surface area contributed by atoms with E-state index in [2.05, 4.69) is 25.0 Å². The fourth-order valence-corrected chi connectivity index (χ4v) is 6.29. The van der Waals surface area contributed by atoms with Gasteiger partial charge in [0, 0.05) is 54.6 Å². The molecule has 2 saturated heterocycles. The molecule has 5 rings (SSSR count). The highest BCUT2D eigenvalue weighted by atomic mass is 32.2. The molecule has 3 aromatic rings. The summed E-state index contributed by atoms with van der Waals surface area (Å²) in [5.41, 5.74) is 4.16. The standard InChI is InChI=1S/C24H28FN5O2S/c1-16-10-19(30-33(31)8-6-26-7-9-33)13-22-24(16)21(28-15-29-22)11-17-2-3-18(25)12-23(17)32-20-4-5-27-14-20/h2-3,10,12-13,15,20,26-27H,4-9,11,14H2,1H3/t20-/m1/s1. The van der Waals surface area contributed by atoms with Gasteiger partial charge in [0.2, 0.25) is 0 Å². The molecule has 1 aromatic heterocycles. The van der Waals surface area contributed by atoms with Gasteiger partial charge in [0.15, 0.2) is 0 Å². The maximum Gasteiger partial charge on any atom is 0.126 e. The molecular formula is C24H28FN5O2S. The fraction of sp³-hybridized carbons (Fsp3) is 0.417. The quantitative estimate of drug-likeness (QED) is 0.597. The number of nitrogens with zero attached hydrogens (tertiary/aromatic N) is 3. The monoisotopic (exact) mass is 469 g/mol. The second kappa shape index (κ2) is 9.32. The number of hydrogen-bond acceptors (Lipinski definition) is 7. The molecule has 1 atom stereocenters. The maximum absolute atomic E-state index is 14.0. The van der Waals surface area contributed by atoms with E-state index in [1.807, 2.05) is 19.1 Å². The van der Waals surface area contributed by atoms with Crippen LogP contribution in [0.25, 0.3) is 10.9 Å². The second-order valence-corrected chi connectivity index (χ2v) is 11.2. The molecule has 33 heavy (non-hydrogen) atoms. The van der Waals surface area contributed by atoms with Gasteiger partial charge in [-0.25, -0.2) is 18.6 Å². The molecule has 2 aliphatic heterocycles. The molecule has 2 aliphatic rings. The smallest absolute Gasteiger partial charge is 0.126 e. The Kier molecular flexibility index (Phi) is 6.27. The molecule has 7 nitrogen and oxygen atoms in total. The molecule has 0 spiro atoms. The van der Waals surface area contributed by atoms with Crippen LogP contribution in [0.15, 0.2) is 41.0 Å². The second-order valence-electron chi connectivity index (χ2n) is 8.66. The molecule has 0 radical (unpaired) electrons. The van der Waals surface area contributed by atoms with Crippen LogP contribution in [0, 0.1) is 12.7 Å². The normalized spacial score (nSPS) is 20.1. The van der Waals surface area contributed by atoms with E-state index in [1.54, 1.807) is 6.07 Å². The highest BCUT2D eigenvalue weighted by Crippen LogP contribution is 2.31. The highest BCUT2D eigenvalue weighted by molar-refractivity contribution is 7.93. The molecular weight excluding hydrogens is 441 g/mol. The summed E-state index contributed by atoms with van der Waals surface area (Å²) in [4.78, 5) is 9.01. The van der Waals surface area contributed by atoms with E-state index in [0.29, 0.717) is 29.4 Å². The van der Waals surface area contributed by atoms with Crippen molar-refractivity contribution < 1.29 is 13.3 Å². The zero-order valence-corrected chi connectivity index (χ0v) is 19.5. The van der Waals surface area contributed by atoms with Crippen molar-refractivity contribution >= 4 is 26.3 Å². The largest absolute Gasteiger partial charge is 0.489 e. The van der Waals surface area contributed by atoms with Gasteiger partial charge in [-0.05, 0) is 43.7 Å². The molecule has 2 N–H and O–H groups in total. The third-order valence-electron chi connectivity index (χ3n) is 6.16. The van der Waals surface area contributed by atoms with Gasteiger partial charge in [-0.15, -0.1) is 0 Å². The SMILES string of the molecule is Cc1cc(N=S2(=O)CCNCC2)cc2ncnc(Cc3ccc(F)cc3O[C@@H]3CCNC3)c12. The summed E-state index contributed by atoms with van der Waals surface area (Å²) in [6.07, 6.45) is 2.97. The lowest BCUT2D eigenvalue weighted by atomic mass is 10.0. The van der Waals surface area contributed by atoms with E-state index in [9.17, 15) is 8.60 Å². The van der Waals surface area contributed by atoms with Crippen LogP contribution in [0.5, 0.6) is 5.75 Å². The summed E-state index contributed by atoms with van der Waals surface area (Å²) in [6, 6.07) is 8.51. The van der Waals surface area contributed by atoms with Crippen LogP contribution in [0.1, 0.15) is 23.2 Å². The average Bonchev–Trinajstić information content (AvgIpc) is 3.29. The average molecular weight is 470 g/mol. The zero-order valence-electron chi connectivity index (χ0n) is 18.6. The Morgan fingerprint density at radius 2 is 2.00 bits per heavy atom. The maximum atomic E-state index is 14.0. The van der Waals surface area contributed by atoms with Crippen LogP contribution in [-0.2, 0) is 16.1 Å². The number of halogens is 1. The van der Waals surface area contributed by atoms with Gasteiger partial charge in [0.05, 0.1) is 26.6 Å². The van der Waals surface area contributed by atoms with E-state index in [-0.39, 0.29) is 11.9 Å². The number of rotatable bonds is 5. The number of ether oxygens (including phenoxy) is 1. The van der Waals surface area contributed by atoms with Crippen LogP contribution in [0.3, 0.4) is 0 Å². The first-order valence-electron chi connectivity index (χ1n) is 11.3. The summed E-state index contributed by atoms with van der Waals surface area (Å²) >= 11 is 0. The zero-order chi connectivity index (χ0) is 22.8. The van der Waals surface area contributed by atoms with Crippen molar-refractivity contribution in [2.45, 2.75) is 25.9 Å². The Labute approximate surface area is 193 Å². The minimum atomic E-state index is -2.25. The topological polar surface area (TPSA) is 88.5 Å². The first-order valence-corrected chi connectivity index (χ1v) is 13.2. The van der Waals surface area contributed by atoms with Gasteiger partial charge in [-0.3, -0.25) is 0 Å². The minimum Gasteiger partial charge on any atom is -0.489 e. The molecule has 9 heteroatoms. The number of fused-ring (bicyclic) bond motifs is 1. The number of aromatic nitrogens is 2. The van der Waals surface area contributed by atoms with E-state index in [1.165, 1.54) is 18.5 Å². The van der Waals surface area contributed by atoms with Gasteiger partial charge in [0.25, 0.3) is 0 Å². The van der Waals surface area contributed by atoms with Gasteiger partial charge >= 0.3 is 0 Å². The van der Waals surface area contributed by atoms with Gasteiger partial charge in [0.1, 0.15) is 24.0 Å². The van der Waals surface area contributed by atoms with Gasteiger partial charge in [-0.1, -0.05) is 6.07 Å². The minimum absolute atomic E-state index is 0.0375. The molecule has 0 aliphatic carbocycles. The van der Waals surface area contributed by atoms with Gasteiger partial charge in [-0.2, -0.15) is 4.36 Å². The van der Waals surface area contributed by atoms with Crippen molar-refractivity contribution in [2.75, 3.05) is 37.7 Å². The van der Waals surface area contributed by atoms with Crippen LogP contribution in [0.4, 0.5) is 10.1 Å². The number of benzene rings is 2. The fourth-order valence-electron chi connectivity index (χ4n) is 4.49. The Balaban J connectivity index is 1.50. The number of aryl methyl sites for hydroxylation is 1. The molecule has 2 fully saturated rings. The van der Waals surface area contributed by atoms with Crippen LogP contribution >= 0.6 is 0 Å². The first kappa shape index (κ1) is 22.2. The van der Waals surface area contributed by atoms with Crippen molar-refractivity contribution in [1.82, 2.24) is 20.6 Å². The van der Waals surface area contributed by atoms with Crippen molar-refractivity contribution in [3.63, 3.8) is 0 Å². The number of nitrogens with one attached hydrogen (secondary N) is 2. The predicted molar refractivity (Wildman–Crippen MR) is 128 cm³/mol. The molecule has 2 aromatic carbocycles. The number of hydrogen-bond donors (Lipinski definition) is 2. The summed E-state index contributed by atoms with van der Waals surface area (Å²) in [5, 5.41) is 7.44. The van der Waals surface area contributed by atoms with Crippen molar-refractivity contribution in [2.24, 2.45) is 4.36 Å². The molecule has 0 unspecified atom stereocenters. The highest BCUT2D eigenvalue weighted by Gasteiger charge is 2.20. The Bertz CT molecular complexity index is 1290. The molecule has 3 heterocycles. The Morgan fingerprint density at radius 1 is 1.15 bits per heavy atom. The summed E-state index contributed by atoms with van der Waals surface area (Å²) in [5.74, 6) is 1.36. The summed E-state index contributed by atoms with van der Waals surface area (Å²) in [7, 11) is -2.25. The van der Waals surface area contributed by atoms with Crippen LogP contribution in [0.2, 0.25) is 0 Å². The lowest BCUT2D eigenvalue weighted by Gasteiger charge is -2.18. The Hall–Kier alpha value is -2.62. The van der Waals surface area contributed by atoms with Gasteiger partial charge < -0.3 is 15.4 Å². The lowest BCUT2D eigenvalue weighted by molar-refractivity contribution is 0.220.